The van der Waals surface area contributed by atoms with Crippen LogP contribution in [-0.4, -0.2) is 27.5 Å². The van der Waals surface area contributed by atoms with Gasteiger partial charge in [0.15, 0.2) is 10.0 Å². The molecular weight excluding hydrogens is 248 g/mol. The van der Waals surface area contributed by atoms with Gasteiger partial charge in [0.2, 0.25) is 5.13 Å². The second-order valence-electron chi connectivity index (χ2n) is 2.85. The van der Waals surface area contributed by atoms with E-state index >= 15 is 0 Å². The van der Waals surface area contributed by atoms with Crippen LogP contribution in [0.5, 0.6) is 0 Å². The van der Waals surface area contributed by atoms with Crippen molar-refractivity contribution in [2.45, 2.75) is 11.3 Å². The molecular formula is C8H8N4O2S2. The molecule has 0 aliphatic carbocycles. The quantitative estimate of drug-likeness (QED) is 0.666. The van der Waals surface area contributed by atoms with Gasteiger partial charge in [0.1, 0.15) is 5.76 Å². The van der Waals surface area contributed by atoms with E-state index in [0.29, 0.717) is 10.9 Å². The van der Waals surface area contributed by atoms with Crippen LogP contribution < -0.4 is 5.32 Å². The Morgan fingerprint density at radius 2 is 2.38 bits per heavy atom. The zero-order valence-corrected chi connectivity index (χ0v) is 10.2. The fourth-order valence-electron chi connectivity index (χ4n) is 0.977. The molecule has 2 aromatic rings. The number of carbonyl (C=O) groups excluding carboxylic acids is 1. The van der Waals surface area contributed by atoms with Crippen LogP contribution in [0.25, 0.3) is 0 Å². The van der Waals surface area contributed by atoms with Gasteiger partial charge in [0.05, 0.1) is 0 Å². The number of nitrogens with one attached hydrogen (secondary N) is 1. The van der Waals surface area contributed by atoms with Crippen LogP contribution in [0.4, 0.5) is 5.13 Å². The normalized spacial score (nSPS) is 10.4. The van der Waals surface area contributed by atoms with Crippen molar-refractivity contribution in [3.63, 3.8) is 0 Å². The third-order valence-corrected chi connectivity index (χ3v) is 3.48. The van der Waals surface area contributed by atoms with Crippen molar-refractivity contribution in [3.05, 3.63) is 17.5 Å². The van der Waals surface area contributed by atoms with E-state index in [1.54, 1.807) is 13.0 Å². The minimum atomic E-state index is -0.347. The van der Waals surface area contributed by atoms with Crippen molar-refractivity contribution in [3.8, 4) is 0 Å². The molecule has 8 heteroatoms. The van der Waals surface area contributed by atoms with E-state index in [2.05, 4.69) is 20.7 Å². The number of hydrogen-bond donors (Lipinski definition) is 1. The van der Waals surface area contributed by atoms with Gasteiger partial charge in [-0.15, -0.1) is 10.2 Å². The molecule has 0 atom stereocenters. The topological polar surface area (TPSA) is 80.9 Å². The minimum Gasteiger partial charge on any atom is -0.361 e. The second kappa shape index (κ2) is 4.62. The molecule has 1 amide bonds. The van der Waals surface area contributed by atoms with Crippen molar-refractivity contribution >= 4 is 34.1 Å². The number of aromatic nitrogens is 3. The molecule has 0 unspecified atom stereocenters. The smallest absolute Gasteiger partial charge is 0.279 e. The summed E-state index contributed by atoms with van der Waals surface area (Å²) in [6.45, 7) is 1.72. The SMILES string of the molecule is CSc1nnc(NC(=O)c2cc(C)on2)s1. The molecule has 0 aliphatic rings. The number of anilines is 1. The molecule has 0 aromatic carbocycles. The number of thioether (sulfide) groups is 1. The Bertz CT molecular complexity index is 508. The lowest BCUT2D eigenvalue weighted by molar-refractivity contribution is 0.101. The lowest BCUT2D eigenvalue weighted by atomic mass is 10.4. The maximum atomic E-state index is 11.6. The van der Waals surface area contributed by atoms with Gasteiger partial charge >= 0.3 is 0 Å². The summed E-state index contributed by atoms with van der Waals surface area (Å²) in [5, 5.41) is 14.3. The molecule has 0 saturated carbocycles. The van der Waals surface area contributed by atoms with Gasteiger partial charge in [0, 0.05) is 6.07 Å². The first-order chi connectivity index (χ1) is 7.69. The Hall–Kier alpha value is -1.41. The Morgan fingerprint density at radius 1 is 1.56 bits per heavy atom. The molecule has 2 heterocycles. The predicted molar refractivity (Wildman–Crippen MR) is 60.9 cm³/mol. The largest absolute Gasteiger partial charge is 0.361 e. The average Bonchev–Trinajstić information content (AvgIpc) is 2.87. The highest BCUT2D eigenvalue weighted by atomic mass is 32.2. The predicted octanol–water partition coefficient (Wildman–Crippen LogP) is 1.81. The number of carbonyl (C=O) groups is 1. The summed E-state index contributed by atoms with van der Waals surface area (Å²) < 4.78 is 5.60. The van der Waals surface area contributed by atoms with Crippen molar-refractivity contribution in [1.82, 2.24) is 15.4 Å². The van der Waals surface area contributed by atoms with Gasteiger partial charge in [-0.1, -0.05) is 28.3 Å². The summed E-state index contributed by atoms with van der Waals surface area (Å²) in [6, 6.07) is 1.56. The first kappa shape index (κ1) is 11.1. The summed E-state index contributed by atoms with van der Waals surface area (Å²) in [7, 11) is 0. The van der Waals surface area contributed by atoms with E-state index < -0.39 is 0 Å². The highest BCUT2D eigenvalue weighted by molar-refractivity contribution is 8.00. The van der Waals surface area contributed by atoms with Gasteiger partial charge in [-0.25, -0.2) is 0 Å². The fourth-order valence-corrected chi connectivity index (χ4v) is 2.14. The number of hydrogen-bond acceptors (Lipinski definition) is 7. The Balaban J connectivity index is 2.07. The van der Waals surface area contributed by atoms with Crippen molar-refractivity contribution in [2.75, 3.05) is 11.6 Å². The second-order valence-corrected chi connectivity index (χ2v) is 4.89. The average molecular weight is 256 g/mol. The van der Waals surface area contributed by atoms with Crippen LogP contribution in [0, 0.1) is 6.92 Å². The van der Waals surface area contributed by atoms with E-state index in [1.165, 1.54) is 23.1 Å². The lowest BCUT2D eigenvalue weighted by Crippen LogP contribution is -2.11. The molecule has 0 radical (unpaired) electrons. The van der Waals surface area contributed by atoms with Crippen LogP contribution in [0.2, 0.25) is 0 Å². The lowest BCUT2D eigenvalue weighted by Gasteiger charge is -1.94. The van der Waals surface area contributed by atoms with Crippen LogP contribution in [-0.2, 0) is 0 Å². The van der Waals surface area contributed by atoms with Crippen LogP contribution in [0.3, 0.4) is 0 Å². The van der Waals surface area contributed by atoms with Gasteiger partial charge < -0.3 is 4.52 Å². The zero-order chi connectivity index (χ0) is 11.5. The van der Waals surface area contributed by atoms with E-state index in [-0.39, 0.29) is 11.6 Å². The molecule has 0 saturated heterocycles. The summed E-state index contributed by atoms with van der Waals surface area (Å²) in [5.41, 5.74) is 0.235. The van der Waals surface area contributed by atoms with Crippen LogP contribution in [0.1, 0.15) is 16.2 Å². The van der Waals surface area contributed by atoms with E-state index in [9.17, 15) is 4.79 Å². The molecule has 84 valence electrons. The Kier molecular flexibility index (Phi) is 3.20. The molecule has 2 aromatic heterocycles. The number of aryl methyl sites for hydroxylation is 1. The zero-order valence-electron chi connectivity index (χ0n) is 8.55. The standard InChI is InChI=1S/C8H8N4O2S2/c1-4-3-5(12-14-4)6(13)9-7-10-11-8(15-2)16-7/h3H,1-2H3,(H,9,10,13). The van der Waals surface area contributed by atoms with Gasteiger partial charge in [-0.2, -0.15) is 0 Å². The van der Waals surface area contributed by atoms with Crippen LogP contribution >= 0.6 is 23.1 Å². The molecule has 0 fully saturated rings. The minimum absolute atomic E-state index is 0.235. The van der Waals surface area contributed by atoms with E-state index in [1.807, 2.05) is 6.26 Å². The Morgan fingerprint density at radius 3 is 2.94 bits per heavy atom. The highest BCUT2D eigenvalue weighted by Gasteiger charge is 2.13. The molecule has 0 aliphatic heterocycles. The van der Waals surface area contributed by atoms with Crippen molar-refractivity contribution in [2.24, 2.45) is 0 Å². The Labute approximate surface area is 99.4 Å². The van der Waals surface area contributed by atoms with Gasteiger partial charge in [-0.3, -0.25) is 10.1 Å². The number of nitrogens with zero attached hydrogens (tertiary/aromatic N) is 3. The number of amides is 1. The highest BCUT2D eigenvalue weighted by Crippen LogP contribution is 2.23. The summed E-state index contributed by atoms with van der Waals surface area (Å²) in [6.07, 6.45) is 1.90. The van der Waals surface area contributed by atoms with E-state index in [4.69, 9.17) is 4.52 Å². The fraction of sp³-hybridized carbons (Fsp3) is 0.250. The first-order valence-electron chi connectivity index (χ1n) is 4.31. The summed E-state index contributed by atoms with van der Waals surface area (Å²) in [5.74, 6) is 0.243. The van der Waals surface area contributed by atoms with Gasteiger partial charge in [0.25, 0.3) is 5.91 Å². The maximum absolute atomic E-state index is 11.6. The van der Waals surface area contributed by atoms with Crippen LogP contribution in [0.15, 0.2) is 14.9 Å². The third-order valence-electron chi connectivity index (χ3n) is 1.66. The summed E-state index contributed by atoms with van der Waals surface area (Å²) in [4.78, 5) is 11.6. The van der Waals surface area contributed by atoms with Crippen molar-refractivity contribution < 1.29 is 9.32 Å². The first-order valence-corrected chi connectivity index (χ1v) is 6.35. The molecule has 2 rings (SSSR count). The molecule has 0 bridgehead atoms. The summed E-state index contributed by atoms with van der Waals surface area (Å²) >= 11 is 2.79. The third kappa shape index (κ3) is 2.39. The van der Waals surface area contributed by atoms with Crippen molar-refractivity contribution in [1.29, 1.82) is 0 Å². The molecule has 6 nitrogen and oxygen atoms in total. The molecule has 0 spiro atoms. The van der Waals surface area contributed by atoms with Gasteiger partial charge in [-0.05, 0) is 13.2 Å². The monoisotopic (exact) mass is 256 g/mol. The van der Waals surface area contributed by atoms with E-state index in [0.717, 1.165) is 4.34 Å². The maximum Gasteiger partial charge on any atom is 0.279 e. The molecule has 16 heavy (non-hydrogen) atoms. The number of rotatable bonds is 3. The molecule has 1 N–H and O–H groups in total.